The van der Waals surface area contributed by atoms with Crippen LogP contribution in [0, 0.1) is 24.0 Å². The van der Waals surface area contributed by atoms with Crippen LogP contribution in [-0.4, -0.2) is 46.9 Å². The molecule has 1 amide bonds. The Morgan fingerprint density at radius 1 is 1.14 bits per heavy atom. The van der Waals surface area contributed by atoms with Crippen LogP contribution in [-0.2, 0) is 22.6 Å². The third-order valence-corrected chi connectivity index (χ3v) is 5.50. The van der Waals surface area contributed by atoms with Gasteiger partial charge in [-0.3, -0.25) is 19.6 Å². The molecule has 0 saturated carbocycles. The number of carbonyl (C=O) groups is 2. The molecule has 190 valence electrons. The predicted molar refractivity (Wildman–Crippen MR) is 130 cm³/mol. The van der Waals surface area contributed by atoms with Crippen LogP contribution in [0.1, 0.15) is 39.8 Å². The summed E-state index contributed by atoms with van der Waals surface area (Å²) >= 11 is 0. The van der Waals surface area contributed by atoms with E-state index in [2.05, 4.69) is 10.4 Å². The van der Waals surface area contributed by atoms with Crippen LogP contribution >= 0.6 is 0 Å². The van der Waals surface area contributed by atoms with Gasteiger partial charge in [-0.1, -0.05) is 30.3 Å². The molecule has 0 aliphatic heterocycles. The Morgan fingerprint density at radius 3 is 2.50 bits per heavy atom. The molecule has 1 N–H and O–H groups in total. The second-order valence-corrected chi connectivity index (χ2v) is 7.86. The maximum absolute atomic E-state index is 12.6. The summed E-state index contributed by atoms with van der Waals surface area (Å²) in [5, 5.41) is 18.7. The average molecular weight is 497 g/mol. The largest absolute Gasteiger partial charge is 0.493 e. The number of carbonyl (C=O) groups excluding carboxylic acids is 2. The molecule has 0 aliphatic carbocycles. The molecule has 36 heavy (non-hydrogen) atoms. The molecule has 11 heteroatoms. The summed E-state index contributed by atoms with van der Waals surface area (Å²) in [7, 11) is 1.33. The number of benzene rings is 2. The zero-order valence-electron chi connectivity index (χ0n) is 20.6. The summed E-state index contributed by atoms with van der Waals surface area (Å²) in [5.74, 6) is -1.32. The second-order valence-electron chi connectivity index (χ2n) is 7.86. The summed E-state index contributed by atoms with van der Waals surface area (Å²) in [5.41, 5.74) is 2.79. The highest BCUT2D eigenvalue weighted by atomic mass is 16.6. The first kappa shape index (κ1) is 26.2. The standard InChI is InChI=1S/C25H28N4O7/c1-5-35-23-11-19(21(29(32)33)12-22(23)34-4)25(31)36-15-24(30)26-13-20-16(2)27-28(17(20)3)14-18-9-7-6-8-10-18/h6-12H,5,13-15H2,1-4H3,(H,26,30). The Kier molecular flexibility index (Phi) is 8.61. The molecule has 2 aromatic carbocycles. The molecule has 1 aromatic heterocycles. The number of hydrogen-bond acceptors (Lipinski definition) is 8. The molecule has 0 spiro atoms. The number of hydrogen-bond donors (Lipinski definition) is 1. The summed E-state index contributed by atoms with van der Waals surface area (Å²) < 4.78 is 17.4. The van der Waals surface area contributed by atoms with E-state index in [1.807, 2.05) is 48.9 Å². The number of ether oxygens (including phenoxy) is 3. The number of nitro groups is 1. The van der Waals surface area contributed by atoms with E-state index < -0.39 is 29.1 Å². The van der Waals surface area contributed by atoms with Crippen molar-refractivity contribution in [1.82, 2.24) is 15.1 Å². The molecule has 0 atom stereocenters. The van der Waals surface area contributed by atoms with Crippen LogP contribution in [0.4, 0.5) is 5.69 Å². The van der Waals surface area contributed by atoms with Gasteiger partial charge in [-0.2, -0.15) is 5.10 Å². The van der Waals surface area contributed by atoms with E-state index >= 15 is 0 Å². The van der Waals surface area contributed by atoms with Gasteiger partial charge in [0.25, 0.3) is 11.6 Å². The lowest BCUT2D eigenvalue weighted by Crippen LogP contribution is -2.29. The molecule has 3 rings (SSSR count). The SMILES string of the molecule is CCOc1cc(C(=O)OCC(=O)NCc2c(C)nn(Cc3ccccc3)c2C)c([N+](=O)[O-])cc1OC. The zero-order chi connectivity index (χ0) is 26.2. The van der Waals surface area contributed by atoms with Crippen LogP contribution in [0.5, 0.6) is 11.5 Å². The fourth-order valence-corrected chi connectivity index (χ4v) is 3.64. The van der Waals surface area contributed by atoms with Crippen LogP contribution < -0.4 is 14.8 Å². The Balaban J connectivity index is 1.63. The first-order chi connectivity index (χ1) is 17.2. The van der Waals surface area contributed by atoms with Crippen molar-refractivity contribution in [2.24, 2.45) is 0 Å². The highest BCUT2D eigenvalue weighted by Crippen LogP contribution is 2.35. The maximum Gasteiger partial charge on any atom is 0.345 e. The molecule has 0 radical (unpaired) electrons. The van der Waals surface area contributed by atoms with Gasteiger partial charge in [0.05, 0.1) is 36.9 Å². The molecule has 0 bridgehead atoms. The van der Waals surface area contributed by atoms with Gasteiger partial charge in [0.1, 0.15) is 5.56 Å². The van der Waals surface area contributed by atoms with Crippen LogP contribution in [0.15, 0.2) is 42.5 Å². The molecule has 0 unspecified atom stereocenters. The first-order valence-corrected chi connectivity index (χ1v) is 11.2. The second kappa shape index (κ2) is 11.8. The fourth-order valence-electron chi connectivity index (χ4n) is 3.64. The molecular formula is C25H28N4O7. The van der Waals surface area contributed by atoms with Crippen molar-refractivity contribution in [3.05, 3.63) is 80.7 Å². The minimum atomic E-state index is -1.02. The van der Waals surface area contributed by atoms with Gasteiger partial charge >= 0.3 is 5.97 Å². The number of aromatic nitrogens is 2. The number of rotatable bonds is 11. The number of nitrogens with zero attached hydrogens (tertiary/aromatic N) is 3. The van der Waals surface area contributed by atoms with Crippen molar-refractivity contribution in [2.45, 2.75) is 33.9 Å². The van der Waals surface area contributed by atoms with Crippen molar-refractivity contribution < 1.29 is 28.7 Å². The first-order valence-electron chi connectivity index (χ1n) is 11.2. The van der Waals surface area contributed by atoms with Crippen molar-refractivity contribution >= 4 is 17.6 Å². The van der Waals surface area contributed by atoms with Gasteiger partial charge in [0, 0.05) is 23.9 Å². The normalized spacial score (nSPS) is 10.6. The third-order valence-electron chi connectivity index (χ3n) is 5.50. The monoisotopic (exact) mass is 496 g/mol. The predicted octanol–water partition coefficient (Wildman–Crippen LogP) is 3.34. The van der Waals surface area contributed by atoms with Gasteiger partial charge in [-0.15, -0.1) is 0 Å². The molecule has 1 heterocycles. The summed E-state index contributed by atoms with van der Waals surface area (Å²) in [6.07, 6.45) is 0. The van der Waals surface area contributed by atoms with Gasteiger partial charge in [0.2, 0.25) is 0 Å². The van der Waals surface area contributed by atoms with Crippen molar-refractivity contribution in [3.63, 3.8) is 0 Å². The Bertz CT molecular complexity index is 1260. The van der Waals surface area contributed by atoms with Crippen molar-refractivity contribution in [1.29, 1.82) is 0 Å². The molecule has 3 aromatic rings. The summed E-state index contributed by atoms with van der Waals surface area (Å²) in [4.78, 5) is 35.7. The highest BCUT2D eigenvalue weighted by molar-refractivity contribution is 5.96. The van der Waals surface area contributed by atoms with E-state index in [1.54, 1.807) is 6.92 Å². The van der Waals surface area contributed by atoms with E-state index in [0.717, 1.165) is 28.6 Å². The summed E-state index contributed by atoms with van der Waals surface area (Å²) in [6, 6.07) is 12.1. The van der Waals surface area contributed by atoms with E-state index in [-0.39, 0.29) is 30.2 Å². The number of methoxy groups -OCH3 is 1. The average Bonchev–Trinajstić information content (AvgIpc) is 3.13. The van der Waals surface area contributed by atoms with Crippen molar-refractivity contribution in [2.75, 3.05) is 20.3 Å². The Morgan fingerprint density at radius 2 is 1.86 bits per heavy atom. The molecule has 0 aliphatic rings. The van der Waals surface area contributed by atoms with E-state index in [0.29, 0.717) is 6.54 Å². The molecule has 0 saturated heterocycles. The van der Waals surface area contributed by atoms with Crippen LogP contribution in [0.3, 0.4) is 0 Å². The van der Waals surface area contributed by atoms with Crippen LogP contribution in [0.25, 0.3) is 0 Å². The number of esters is 1. The van der Waals surface area contributed by atoms with Gasteiger partial charge in [0.15, 0.2) is 18.1 Å². The lowest BCUT2D eigenvalue weighted by Gasteiger charge is -2.12. The topological polar surface area (TPSA) is 135 Å². The van der Waals surface area contributed by atoms with Crippen LogP contribution in [0.2, 0.25) is 0 Å². The molecular weight excluding hydrogens is 468 g/mol. The number of aryl methyl sites for hydroxylation is 1. The van der Waals surface area contributed by atoms with Gasteiger partial charge in [-0.25, -0.2) is 4.79 Å². The number of nitrogens with one attached hydrogen (secondary N) is 1. The minimum Gasteiger partial charge on any atom is -0.493 e. The Labute approximate surface area is 208 Å². The number of nitro benzene ring substituents is 1. The Hall–Kier alpha value is -4.41. The maximum atomic E-state index is 12.6. The summed E-state index contributed by atoms with van der Waals surface area (Å²) in [6.45, 7) is 5.94. The van der Waals surface area contributed by atoms with E-state index in [4.69, 9.17) is 14.2 Å². The van der Waals surface area contributed by atoms with E-state index in [1.165, 1.54) is 13.2 Å². The van der Waals surface area contributed by atoms with Crippen molar-refractivity contribution in [3.8, 4) is 11.5 Å². The highest BCUT2D eigenvalue weighted by Gasteiger charge is 2.26. The molecule has 0 fully saturated rings. The van der Waals surface area contributed by atoms with Gasteiger partial charge < -0.3 is 19.5 Å². The quantitative estimate of drug-likeness (QED) is 0.243. The lowest BCUT2D eigenvalue weighted by molar-refractivity contribution is -0.385. The smallest absolute Gasteiger partial charge is 0.345 e. The fraction of sp³-hybridized carbons (Fsp3) is 0.320. The van der Waals surface area contributed by atoms with Gasteiger partial charge in [-0.05, 0) is 26.3 Å². The minimum absolute atomic E-state index is 0.108. The molecule has 11 nitrogen and oxygen atoms in total. The lowest BCUT2D eigenvalue weighted by atomic mass is 10.1. The third kappa shape index (κ3) is 6.17. The van der Waals surface area contributed by atoms with E-state index in [9.17, 15) is 19.7 Å². The zero-order valence-corrected chi connectivity index (χ0v) is 20.6. The number of amides is 1.